The first-order valence-electron chi connectivity index (χ1n) is 3.70. The summed E-state index contributed by atoms with van der Waals surface area (Å²) in [7, 11) is 0. The first kappa shape index (κ1) is 7.61. The summed E-state index contributed by atoms with van der Waals surface area (Å²) in [5, 5.41) is 3.21. The molecule has 1 heterocycles. The van der Waals surface area contributed by atoms with Gasteiger partial charge in [0.2, 0.25) is 0 Å². The Morgan fingerprint density at radius 3 is 2.70 bits per heavy atom. The van der Waals surface area contributed by atoms with Crippen LogP contribution in [-0.2, 0) is 0 Å². The zero-order valence-electron chi connectivity index (χ0n) is 6.94. The largest absolute Gasteiger partial charge is 0.390 e. The molecule has 1 unspecified atom stereocenters. The van der Waals surface area contributed by atoms with Crippen LogP contribution in [0.2, 0.25) is 0 Å². The zero-order chi connectivity index (χ0) is 7.78. The normalized spacial score (nSPS) is 30.8. The van der Waals surface area contributed by atoms with Gasteiger partial charge in [0, 0.05) is 18.0 Å². The summed E-state index contributed by atoms with van der Waals surface area (Å²) >= 11 is 0. The van der Waals surface area contributed by atoms with Gasteiger partial charge in [0.25, 0.3) is 0 Å². The van der Waals surface area contributed by atoms with Gasteiger partial charge in [-0.15, -0.1) is 0 Å². The van der Waals surface area contributed by atoms with E-state index >= 15 is 0 Å². The van der Waals surface area contributed by atoms with Crippen LogP contribution in [0.1, 0.15) is 20.8 Å². The van der Waals surface area contributed by atoms with E-state index < -0.39 is 0 Å². The van der Waals surface area contributed by atoms with Gasteiger partial charge in [-0.05, 0) is 18.7 Å². The standard InChI is InChI=1S/C8H16N2/c1-6-4-10-5-8(2,3)7(6)9/h4,7,10H,5,9H2,1-3H3. The van der Waals surface area contributed by atoms with E-state index in [0.717, 1.165) is 6.54 Å². The lowest BCUT2D eigenvalue weighted by molar-refractivity contribution is 0.293. The first-order valence-corrected chi connectivity index (χ1v) is 3.70. The average molecular weight is 140 g/mol. The molecule has 0 radical (unpaired) electrons. The molecule has 0 bridgehead atoms. The molecule has 0 saturated carbocycles. The highest BCUT2D eigenvalue weighted by atomic mass is 14.9. The number of rotatable bonds is 0. The Labute approximate surface area is 62.5 Å². The second-order valence-corrected chi connectivity index (χ2v) is 3.74. The zero-order valence-corrected chi connectivity index (χ0v) is 6.94. The molecule has 3 N–H and O–H groups in total. The highest BCUT2D eigenvalue weighted by Crippen LogP contribution is 2.25. The molecule has 0 spiro atoms. The van der Waals surface area contributed by atoms with Crippen molar-refractivity contribution < 1.29 is 0 Å². The lowest BCUT2D eigenvalue weighted by Crippen LogP contribution is -2.47. The molecular formula is C8H16N2. The molecule has 0 aromatic heterocycles. The maximum absolute atomic E-state index is 5.95. The van der Waals surface area contributed by atoms with Gasteiger partial charge in [0.05, 0.1) is 0 Å². The Morgan fingerprint density at radius 2 is 2.30 bits per heavy atom. The van der Waals surface area contributed by atoms with Crippen LogP contribution in [-0.4, -0.2) is 12.6 Å². The van der Waals surface area contributed by atoms with Crippen LogP contribution in [0.5, 0.6) is 0 Å². The molecule has 1 aliphatic heterocycles. The van der Waals surface area contributed by atoms with Gasteiger partial charge in [-0.1, -0.05) is 13.8 Å². The van der Waals surface area contributed by atoms with Crippen molar-refractivity contribution in [3.05, 3.63) is 11.8 Å². The first-order chi connectivity index (χ1) is 4.54. The third-order valence-corrected chi connectivity index (χ3v) is 2.22. The summed E-state index contributed by atoms with van der Waals surface area (Å²) in [4.78, 5) is 0. The number of hydrogen-bond acceptors (Lipinski definition) is 2. The van der Waals surface area contributed by atoms with Gasteiger partial charge < -0.3 is 11.1 Å². The molecule has 1 atom stereocenters. The Kier molecular flexibility index (Phi) is 1.73. The fourth-order valence-corrected chi connectivity index (χ4v) is 1.29. The number of nitrogens with one attached hydrogen (secondary N) is 1. The van der Waals surface area contributed by atoms with Crippen molar-refractivity contribution in [2.75, 3.05) is 6.54 Å². The predicted molar refractivity (Wildman–Crippen MR) is 43.5 cm³/mol. The summed E-state index contributed by atoms with van der Waals surface area (Å²) in [6, 6.07) is 0.216. The highest BCUT2D eigenvalue weighted by molar-refractivity contribution is 5.14. The SMILES string of the molecule is CC1=CNCC(C)(C)C1N. The van der Waals surface area contributed by atoms with Gasteiger partial charge in [-0.3, -0.25) is 0 Å². The van der Waals surface area contributed by atoms with Crippen LogP contribution in [0.15, 0.2) is 11.8 Å². The minimum atomic E-state index is 0.207. The molecule has 0 aromatic rings. The Morgan fingerprint density at radius 1 is 1.70 bits per heavy atom. The second-order valence-electron chi connectivity index (χ2n) is 3.74. The van der Waals surface area contributed by atoms with Crippen molar-refractivity contribution in [3.63, 3.8) is 0 Å². The summed E-state index contributed by atoms with van der Waals surface area (Å²) in [6.45, 7) is 7.41. The van der Waals surface area contributed by atoms with E-state index in [1.54, 1.807) is 0 Å². The van der Waals surface area contributed by atoms with Crippen molar-refractivity contribution >= 4 is 0 Å². The van der Waals surface area contributed by atoms with Gasteiger partial charge in [-0.2, -0.15) is 0 Å². The molecule has 0 aromatic carbocycles. The van der Waals surface area contributed by atoms with Crippen molar-refractivity contribution in [3.8, 4) is 0 Å². The quantitative estimate of drug-likeness (QED) is 0.523. The molecule has 0 aliphatic carbocycles. The van der Waals surface area contributed by atoms with E-state index in [0.29, 0.717) is 0 Å². The fraction of sp³-hybridized carbons (Fsp3) is 0.750. The summed E-state index contributed by atoms with van der Waals surface area (Å²) in [5.41, 5.74) is 7.40. The van der Waals surface area contributed by atoms with Crippen molar-refractivity contribution in [2.24, 2.45) is 11.1 Å². The average Bonchev–Trinajstić information content (AvgIpc) is 1.83. The molecule has 0 saturated heterocycles. The predicted octanol–water partition coefficient (Wildman–Crippen LogP) is 0.847. The maximum atomic E-state index is 5.95. The van der Waals surface area contributed by atoms with Crippen molar-refractivity contribution in [1.29, 1.82) is 0 Å². The number of hydrogen-bond donors (Lipinski definition) is 2. The topological polar surface area (TPSA) is 38.0 Å². The Balaban J connectivity index is 2.78. The Hall–Kier alpha value is -0.500. The number of nitrogens with two attached hydrogens (primary N) is 1. The monoisotopic (exact) mass is 140 g/mol. The summed E-state index contributed by atoms with van der Waals surface area (Å²) in [5.74, 6) is 0. The van der Waals surface area contributed by atoms with Crippen LogP contribution in [0.25, 0.3) is 0 Å². The van der Waals surface area contributed by atoms with Crippen LogP contribution in [0, 0.1) is 5.41 Å². The molecule has 0 amide bonds. The van der Waals surface area contributed by atoms with E-state index in [1.807, 2.05) is 6.20 Å². The van der Waals surface area contributed by atoms with E-state index in [9.17, 15) is 0 Å². The maximum Gasteiger partial charge on any atom is 0.0336 e. The van der Waals surface area contributed by atoms with E-state index in [-0.39, 0.29) is 11.5 Å². The minimum absolute atomic E-state index is 0.207. The molecule has 2 nitrogen and oxygen atoms in total. The van der Waals surface area contributed by atoms with Gasteiger partial charge in [0.15, 0.2) is 0 Å². The molecular weight excluding hydrogens is 124 g/mol. The molecule has 2 heteroatoms. The van der Waals surface area contributed by atoms with Crippen molar-refractivity contribution in [1.82, 2.24) is 5.32 Å². The molecule has 10 heavy (non-hydrogen) atoms. The van der Waals surface area contributed by atoms with Crippen LogP contribution < -0.4 is 11.1 Å². The summed E-state index contributed by atoms with van der Waals surface area (Å²) in [6.07, 6.45) is 2.01. The Bertz CT molecular complexity index is 159. The summed E-state index contributed by atoms with van der Waals surface area (Å²) < 4.78 is 0. The third-order valence-electron chi connectivity index (χ3n) is 2.22. The fourth-order valence-electron chi connectivity index (χ4n) is 1.29. The van der Waals surface area contributed by atoms with Crippen LogP contribution >= 0.6 is 0 Å². The van der Waals surface area contributed by atoms with E-state index in [1.165, 1.54) is 5.57 Å². The smallest absolute Gasteiger partial charge is 0.0336 e. The van der Waals surface area contributed by atoms with Gasteiger partial charge >= 0.3 is 0 Å². The van der Waals surface area contributed by atoms with E-state index in [4.69, 9.17) is 5.73 Å². The lowest BCUT2D eigenvalue weighted by Gasteiger charge is -2.36. The van der Waals surface area contributed by atoms with Crippen LogP contribution in [0.3, 0.4) is 0 Å². The molecule has 0 fully saturated rings. The molecule has 1 rings (SSSR count). The second kappa shape index (κ2) is 2.27. The van der Waals surface area contributed by atoms with Crippen LogP contribution in [0.4, 0.5) is 0 Å². The molecule has 58 valence electrons. The van der Waals surface area contributed by atoms with Gasteiger partial charge in [-0.25, -0.2) is 0 Å². The minimum Gasteiger partial charge on any atom is -0.390 e. The van der Waals surface area contributed by atoms with Crippen molar-refractivity contribution in [2.45, 2.75) is 26.8 Å². The lowest BCUT2D eigenvalue weighted by atomic mass is 9.79. The molecule has 1 aliphatic rings. The van der Waals surface area contributed by atoms with E-state index in [2.05, 4.69) is 26.1 Å². The third kappa shape index (κ3) is 1.16. The highest BCUT2D eigenvalue weighted by Gasteiger charge is 2.29. The van der Waals surface area contributed by atoms with Gasteiger partial charge in [0.1, 0.15) is 0 Å².